The molecule has 1 N–H and O–H groups in total. The van der Waals surface area contributed by atoms with E-state index in [0.717, 1.165) is 86.9 Å². The molecule has 1 aliphatic carbocycles. The number of aryl methyl sites for hydroxylation is 2. The van der Waals surface area contributed by atoms with E-state index >= 15 is 0 Å². The Bertz CT molecular complexity index is 1860. The number of carbonyl (C=O) groups is 1. The minimum absolute atomic E-state index is 0.0281. The lowest BCUT2D eigenvalue weighted by Gasteiger charge is -2.36. The second kappa shape index (κ2) is 14.7. The fourth-order valence-electron chi connectivity index (χ4n) is 7.58. The van der Waals surface area contributed by atoms with Crippen LogP contribution in [0.1, 0.15) is 75.8 Å². The van der Waals surface area contributed by atoms with Crippen molar-refractivity contribution < 1.29 is 9.63 Å². The molecule has 1 aromatic carbocycles. The topological polar surface area (TPSA) is 137 Å². The lowest BCUT2D eigenvalue weighted by atomic mass is 9.89. The minimum atomic E-state index is -0.244. The minimum Gasteiger partial charge on any atom is -0.389 e. The molecule has 2 fully saturated rings. The van der Waals surface area contributed by atoms with E-state index in [-0.39, 0.29) is 23.6 Å². The first kappa shape index (κ1) is 33.2. The summed E-state index contributed by atoms with van der Waals surface area (Å²) < 4.78 is 1.77. The maximum atomic E-state index is 13.9. The molecule has 4 aromatic rings. The number of amides is 1. The zero-order chi connectivity index (χ0) is 34.5. The summed E-state index contributed by atoms with van der Waals surface area (Å²) in [5.74, 6) is 1.95. The highest BCUT2D eigenvalue weighted by atomic mass is 16.7. The molecule has 5 heterocycles. The predicted molar refractivity (Wildman–Crippen MR) is 193 cm³/mol. The second-order valence-electron chi connectivity index (χ2n) is 13.9. The summed E-state index contributed by atoms with van der Waals surface area (Å²) in [5.41, 5.74) is 4.36. The Morgan fingerprint density at radius 3 is 2.58 bits per heavy atom. The molecule has 3 aromatic heterocycles. The Morgan fingerprint density at radius 2 is 1.88 bits per heavy atom. The molecule has 50 heavy (non-hydrogen) atoms. The average Bonchev–Trinajstić information content (AvgIpc) is 3.68. The van der Waals surface area contributed by atoms with Crippen LogP contribution in [0.4, 0.5) is 17.6 Å². The molecule has 0 radical (unpaired) electrons. The van der Waals surface area contributed by atoms with Gasteiger partial charge in [-0.3, -0.25) is 14.4 Å². The molecule has 0 bridgehead atoms. The van der Waals surface area contributed by atoms with Crippen molar-refractivity contribution in [3.63, 3.8) is 0 Å². The lowest BCUT2D eigenvalue weighted by Crippen LogP contribution is -2.45. The predicted octanol–water partition coefficient (Wildman–Crippen LogP) is 6.06. The molecule has 1 unspecified atom stereocenters. The number of hydrogen-bond donors (Lipinski definition) is 1. The zero-order valence-electron chi connectivity index (χ0n) is 28.8. The second-order valence-corrected chi connectivity index (χ2v) is 13.9. The smallest absolute Gasteiger partial charge is 0.228 e. The van der Waals surface area contributed by atoms with Crippen LogP contribution in [0.15, 0.2) is 72.4 Å². The molecule has 258 valence electrons. The van der Waals surface area contributed by atoms with Gasteiger partial charge in [0.2, 0.25) is 11.9 Å². The standard InChI is InChI=1S/C38H44N10O2/c1-27-21-38(50-45-27)17-6-19-47(20-18-38)36-30(22-39)24-41-37(44-36)43-32-11-13-33(14-12-32)48(35(49)16-9-28-7-4-3-5-8-28)34-15-10-29(23-40-34)31-25-42-46(2)26-31/h3-5,7-8,10,15,23-26,32-33H,6,9,11-14,16-21H2,1-2H3,(H,41,43,44)/t32-,33-,38?. The average molecular weight is 673 g/mol. The largest absolute Gasteiger partial charge is 0.389 e. The summed E-state index contributed by atoms with van der Waals surface area (Å²) in [6.45, 7) is 3.55. The Labute approximate surface area is 293 Å². The third-order valence-electron chi connectivity index (χ3n) is 10.2. The van der Waals surface area contributed by atoms with Crippen molar-refractivity contribution in [2.45, 2.75) is 88.8 Å². The van der Waals surface area contributed by atoms with Crippen molar-refractivity contribution in [3.8, 4) is 17.2 Å². The number of oxime groups is 1. The van der Waals surface area contributed by atoms with E-state index in [4.69, 9.17) is 14.8 Å². The van der Waals surface area contributed by atoms with Crippen LogP contribution < -0.4 is 15.1 Å². The Hall–Kier alpha value is -5.31. The molecule has 3 aliphatic rings. The van der Waals surface area contributed by atoms with Crippen molar-refractivity contribution >= 4 is 29.2 Å². The summed E-state index contributed by atoms with van der Waals surface area (Å²) in [5, 5.41) is 22.0. The molecule has 1 amide bonds. The third kappa shape index (κ3) is 7.47. The van der Waals surface area contributed by atoms with E-state index in [1.165, 1.54) is 0 Å². The number of nitrogens with one attached hydrogen (secondary N) is 1. The highest BCUT2D eigenvalue weighted by molar-refractivity contribution is 5.93. The molecule has 2 aliphatic heterocycles. The van der Waals surface area contributed by atoms with Crippen LogP contribution in [0.25, 0.3) is 11.1 Å². The molecule has 12 nitrogen and oxygen atoms in total. The number of benzene rings is 1. The van der Waals surface area contributed by atoms with Crippen LogP contribution in [-0.2, 0) is 23.1 Å². The van der Waals surface area contributed by atoms with E-state index in [1.807, 2.05) is 67.8 Å². The normalized spacial score (nSPS) is 21.9. The number of anilines is 3. The van der Waals surface area contributed by atoms with E-state index in [1.54, 1.807) is 10.9 Å². The van der Waals surface area contributed by atoms with Gasteiger partial charge in [0, 0.05) is 75.0 Å². The number of nitriles is 1. The van der Waals surface area contributed by atoms with Gasteiger partial charge >= 0.3 is 0 Å². The first-order chi connectivity index (χ1) is 24.4. The highest BCUT2D eigenvalue weighted by Crippen LogP contribution is 2.36. The van der Waals surface area contributed by atoms with Gasteiger partial charge in [-0.2, -0.15) is 15.3 Å². The number of nitrogens with zero attached hydrogens (tertiary/aromatic N) is 9. The molecular formula is C38H44N10O2. The molecule has 1 saturated heterocycles. The maximum Gasteiger partial charge on any atom is 0.228 e. The number of carbonyl (C=O) groups excluding carboxylic acids is 1. The Kier molecular flexibility index (Phi) is 9.74. The van der Waals surface area contributed by atoms with Gasteiger partial charge in [-0.05, 0) is 69.6 Å². The van der Waals surface area contributed by atoms with Crippen molar-refractivity contribution in [2.24, 2.45) is 12.2 Å². The van der Waals surface area contributed by atoms with Crippen LogP contribution in [0.3, 0.4) is 0 Å². The molecule has 7 rings (SSSR count). The maximum absolute atomic E-state index is 13.9. The Morgan fingerprint density at radius 1 is 1.04 bits per heavy atom. The summed E-state index contributed by atoms with van der Waals surface area (Å²) in [6.07, 6.45) is 15.2. The van der Waals surface area contributed by atoms with Gasteiger partial charge < -0.3 is 15.1 Å². The number of rotatable bonds is 9. The number of hydrogen-bond acceptors (Lipinski definition) is 10. The van der Waals surface area contributed by atoms with Crippen molar-refractivity contribution in [3.05, 3.63) is 78.4 Å². The fourth-order valence-corrected chi connectivity index (χ4v) is 7.58. The van der Waals surface area contributed by atoms with E-state index in [2.05, 4.69) is 43.7 Å². The summed E-state index contributed by atoms with van der Waals surface area (Å²) >= 11 is 0. The van der Waals surface area contributed by atoms with Crippen LogP contribution >= 0.6 is 0 Å². The van der Waals surface area contributed by atoms with Crippen molar-refractivity contribution in [1.82, 2.24) is 24.7 Å². The highest BCUT2D eigenvalue weighted by Gasteiger charge is 2.40. The summed E-state index contributed by atoms with van der Waals surface area (Å²) in [4.78, 5) is 38.1. The summed E-state index contributed by atoms with van der Waals surface area (Å²) in [6, 6.07) is 16.6. The van der Waals surface area contributed by atoms with Gasteiger partial charge in [-0.25, -0.2) is 9.97 Å². The van der Waals surface area contributed by atoms with Gasteiger partial charge in [-0.1, -0.05) is 35.5 Å². The van der Waals surface area contributed by atoms with Crippen LogP contribution in [-0.4, -0.2) is 67.1 Å². The molecule has 1 spiro atoms. The SMILES string of the molecule is CC1=NOC2(CCCN(c3nc(N[C@H]4CC[C@H](N(C(=O)CCc5ccccc5)c5ccc(-c6cnn(C)c6)cn5)CC4)ncc3C#N)CC2)C1. The quantitative estimate of drug-likeness (QED) is 0.225. The van der Waals surface area contributed by atoms with Gasteiger partial charge in [0.25, 0.3) is 0 Å². The van der Waals surface area contributed by atoms with Gasteiger partial charge in [-0.15, -0.1) is 0 Å². The molecule has 1 saturated carbocycles. The van der Waals surface area contributed by atoms with Gasteiger partial charge in [0.15, 0.2) is 5.82 Å². The van der Waals surface area contributed by atoms with Crippen molar-refractivity contribution in [1.29, 1.82) is 5.26 Å². The molecule has 1 atom stereocenters. The first-order valence-corrected chi connectivity index (χ1v) is 17.7. The van der Waals surface area contributed by atoms with E-state index in [9.17, 15) is 10.1 Å². The van der Waals surface area contributed by atoms with Crippen LogP contribution in [0.2, 0.25) is 0 Å². The zero-order valence-corrected chi connectivity index (χ0v) is 28.8. The van der Waals surface area contributed by atoms with Crippen LogP contribution in [0, 0.1) is 11.3 Å². The molecule has 12 heteroatoms. The fraction of sp³-hybridized carbons (Fsp3) is 0.447. The van der Waals surface area contributed by atoms with Crippen molar-refractivity contribution in [2.75, 3.05) is 28.2 Å². The van der Waals surface area contributed by atoms with Gasteiger partial charge in [0.05, 0.1) is 18.1 Å². The van der Waals surface area contributed by atoms with E-state index in [0.29, 0.717) is 36.0 Å². The Balaban J connectivity index is 1.02. The number of pyridine rings is 1. The van der Waals surface area contributed by atoms with Crippen LogP contribution in [0.5, 0.6) is 0 Å². The number of aromatic nitrogens is 5. The monoisotopic (exact) mass is 672 g/mol. The lowest BCUT2D eigenvalue weighted by molar-refractivity contribution is -0.119. The first-order valence-electron chi connectivity index (χ1n) is 17.7. The van der Waals surface area contributed by atoms with Gasteiger partial charge in [0.1, 0.15) is 23.1 Å². The van der Waals surface area contributed by atoms with E-state index < -0.39 is 0 Å². The third-order valence-corrected chi connectivity index (χ3v) is 10.2. The molecular weight excluding hydrogens is 628 g/mol. The summed E-state index contributed by atoms with van der Waals surface area (Å²) in [7, 11) is 1.89.